The van der Waals surface area contributed by atoms with Crippen LogP contribution in [0.1, 0.15) is 16.1 Å². The lowest BCUT2D eigenvalue weighted by Gasteiger charge is -2.03. The van der Waals surface area contributed by atoms with Gasteiger partial charge in [0.1, 0.15) is 11.2 Å². The topological polar surface area (TPSA) is 108 Å². The summed E-state index contributed by atoms with van der Waals surface area (Å²) in [5, 5.41) is 22.2. The number of nitrogens with zero attached hydrogens (tertiary/aromatic N) is 5. The molecule has 0 aliphatic rings. The van der Waals surface area contributed by atoms with E-state index >= 15 is 0 Å². The molecule has 0 spiro atoms. The second kappa shape index (κ2) is 7.14. The van der Waals surface area contributed by atoms with Crippen molar-refractivity contribution < 1.29 is 9.72 Å². The van der Waals surface area contributed by atoms with Crippen molar-refractivity contribution in [3.05, 3.63) is 68.1 Å². The average molecular weight is 395 g/mol. The smallest absolute Gasteiger partial charge is 0.302 e. The van der Waals surface area contributed by atoms with E-state index in [0.717, 1.165) is 16.4 Å². The third-order valence-corrected chi connectivity index (χ3v) is 4.07. The molecular weight excluding hydrogens is 383 g/mol. The number of amides is 1. The lowest BCUT2D eigenvalue weighted by molar-refractivity contribution is -0.385. The molecule has 3 aromatic rings. The normalized spacial score (nSPS) is 10.7. The van der Waals surface area contributed by atoms with E-state index < -0.39 is 16.5 Å². The molecule has 2 heterocycles. The highest BCUT2D eigenvalue weighted by atomic mass is 35.5. The number of benzene rings is 1. The Bertz CT molecular complexity index is 980. The van der Waals surface area contributed by atoms with Gasteiger partial charge in [-0.15, -0.1) is 0 Å². The zero-order valence-electron chi connectivity index (χ0n) is 13.4. The van der Waals surface area contributed by atoms with Crippen molar-refractivity contribution in [2.45, 2.75) is 6.54 Å². The lowest BCUT2D eigenvalue weighted by atomic mass is 10.2. The predicted octanol–water partition coefficient (Wildman–Crippen LogP) is 3.13. The number of hydrogen-bond donors (Lipinski definition) is 1. The number of carbonyl (C=O) groups is 1. The Morgan fingerprint density at radius 3 is 2.65 bits per heavy atom. The van der Waals surface area contributed by atoms with Gasteiger partial charge in [0.05, 0.1) is 11.5 Å². The van der Waals surface area contributed by atoms with E-state index in [1.807, 2.05) is 12.1 Å². The van der Waals surface area contributed by atoms with E-state index in [2.05, 4.69) is 15.5 Å². The van der Waals surface area contributed by atoms with Crippen LogP contribution in [0.5, 0.6) is 0 Å². The molecule has 0 aliphatic heterocycles. The monoisotopic (exact) mass is 394 g/mol. The molecule has 0 atom stereocenters. The Balaban J connectivity index is 1.79. The highest BCUT2D eigenvalue weighted by Crippen LogP contribution is 2.23. The molecule has 3 rings (SSSR count). The third-order valence-electron chi connectivity index (χ3n) is 3.54. The molecule has 0 saturated carbocycles. The minimum Gasteiger partial charge on any atom is -0.302 e. The summed E-state index contributed by atoms with van der Waals surface area (Å²) in [6.07, 6.45) is 2.55. The molecular formula is C15H12Cl2N6O3. The molecule has 134 valence electrons. The van der Waals surface area contributed by atoms with Crippen LogP contribution < -0.4 is 5.32 Å². The van der Waals surface area contributed by atoms with Crippen LogP contribution in [0.15, 0.2) is 36.7 Å². The van der Waals surface area contributed by atoms with Crippen LogP contribution in [0.2, 0.25) is 10.0 Å². The summed E-state index contributed by atoms with van der Waals surface area (Å²) < 4.78 is 2.66. The first-order valence-electron chi connectivity index (χ1n) is 7.30. The third kappa shape index (κ3) is 3.68. The lowest BCUT2D eigenvalue weighted by Crippen LogP contribution is -2.18. The van der Waals surface area contributed by atoms with Crippen molar-refractivity contribution in [2.24, 2.45) is 7.05 Å². The summed E-state index contributed by atoms with van der Waals surface area (Å²) in [7, 11) is 1.43. The van der Waals surface area contributed by atoms with Crippen LogP contribution in [-0.4, -0.2) is 30.4 Å². The molecule has 0 fully saturated rings. The van der Waals surface area contributed by atoms with Gasteiger partial charge in [0.2, 0.25) is 5.69 Å². The van der Waals surface area contributed by atoms with Gasteiger partial charge < -0.3 is 5.32 Å². The van der Waals surface area contributed by atoms with Crippen LogP contribution in [0.4, 0.5) is 11.5 Å². The van der Waals surface area contributed by atoms with Gasteiger partial charge in [-0.05, 0) is 17.7 Å². The van der Waals surface area contributed by atoms with Crippen molar-refractivity contribution in [3.8, 4) is 0 Å². The van der Waals surface area contributed by atoms with E-state index in [4.69, 9.17) is 23.2 Å². The molecule has 26 heavy (non-hydrogen) atoms. The fraction of sp³-hybridized carbons (Fsp3) is 0.133. The second-order valence-corrected chi connectivity index (χ2v) is 6.21. The van der Waals surface area contributed by atoms with Gasteiger partial charge >= 0.3 is 5.69 Å². The first-order chi connectivity index (χ1) is 12.3. The molecule has 0 aliphatic carbocycles. The summed E-state index contributed by atoms with van der Waals surface area (Å²) in [5.41, 5.74) is 0.341. The Hall–Kier alpha value is -2.91. The predicted molar refractivity (Wildman–Crippen MR) is 95.6 cm³/mol. The van der Waals surface area contributed by atoms with Gasteiger partial charge in [-0.25, -0.2) is 0 Å². The second-order valence-electron chi connectivity index (χ2n) is 5.36. The van der Waals surface area contributed by atoms with Crippen LogP contribution in [0, 0.1) is 10.1 Å². The molecule has 0 unspecified atom stereocenters. The van der Waals surface area contributed by atoms with E-state index in [1.165, 1.54) is 7.05 Å². The maximum atomic E-state index is 12.4. The molecule has 9 nitrogen and oxygen atoms in total. The van der Waals surface area contributed by atoms with Crippen LogP contribution >= 0.6 is 23.2 Å². The maximum absolute atomic E-state index is 12.4. The Morgan fingerprint density at radius 1 is 1.31 bits per heavy atom. The van der Waals surface area contributed by atoms with E-state index in [-0.39, 0.29) is 16.5 Å². The number of halogens is 2. The van der Waals surface area contributed by atoms with Crippen molar-refractivity contribution in [2.75, 3.05) is 5.32 Å². The molecule has 0 bridgehead atoms. The van der Waals surface area contributed by atoms with Gasteiger partial charge in [0.15, 0.2) is 5.82 Å². The summed E-state index contributed by atoms with van der Waals surface area (Å²) in [4.78, 5) is 22.7. The zero-order chi connectivity index (χ0) is 18.8. The molecule has 2 aromatic heterocycles. The van der Waals surface area contributed by atoms with Gasteiger partial charge in [-0.2, -0.15) is 10.2 Å². The van der Waals surface area contributed by atoms with Crippen LogP contribution in [-0.2, 0) is 13.6 Å². The van der Waals surface area contributed by atoms with Crippen molar-refractivity contribution in [1.29, 1.82) is 0 Å². The summed E-state index contributed by atoms with van der Waals surface area (Å²) in [5.74, 6) is -0.628. The standard InChI is InChI=1S/C15H12Cl2N6O3/c1-21-13(12(6-18-21)23(25)26)15(24)19-14-11(17)8-22(20-14)7-9-2-4-10(16)5-3-9/h2-6,8H,7H2,1H3,(H,19,20,24). The summed E-state index contributed by atoms with van der Waals surface area (Å²) in [6, 6.07) is 7.20. The van der Waals surface area contributed by atoms with E-state index in [0.29, 0.717) is 11.6 Å². The number of aromatic nitrogens is 4. The molecule has 1 amide bonds. The number of carbonyl (C=O) groups excluding carboxylic acids is 1. The minimum absolute atomic E-state index is 0.0983. The Labute approximate surface area is 157 Å². The van der Waals surface area contributed by atoms with Crippen molar-refractivity contribution >= 4 is 40.6 Å². The van der Waals surface area contributed by atoms with Gasteiger partial charge in [-0.1, -0.05) is 35.3 Å². The number of hydrogen-bond acceptors (Lipinski definition) is 5. The first kappa shape index (κ1) is 17.9. The Morgan fingerprint density at radius 2 is 2.00 bits per heavy atom. The van der Waals surface area contributed by atoms with Crippen LogP contribution in [0.3, 0.4) is 0 Å². The number of nitro groups is 1. The van der Waals surface area contributed by atoms with Gasteiger partial charge in [0, 0.05) is 18.3 Å². The van der Waals surface area contributed by atoms with E-state index in [9.17, 15) is 14.9 Å². The minimum atomic E-state index is -0.727. The molecule has 11 heteroatoms. The number of rotatable bonds is 5. The molecule has 1 N–H and O–H groups in total. The number of anilines is 1. The fourth-order valence-corrected chi connectivity index (χ4v) is 2.65. The molecule has 0 radical (unpaired) electrons. The van der Waals surface area contributed by atoms with E-state index in [1.54, 1.807) is 23.0 Å². The molecule has 0 saturated heterocycles. The van der Waals surface area contributed by atoms with Gasteiger partial charge in [-0.3, -0.25) is 24.3 Å². The summed E-state index contributed by atoms with van der Waals surface area (Å²) in [6.45, 7) is 0.415. The number of nitrogens with one attached hydrogen (secondary N) is 1. The average Bonchev–Trinajstić information content (AvgIpc) is 3.13. The molecule has 1 aromatic carbocycles. The maximum Gasteiger partial charge on any atom is 0.320 e. The quantitative estimate of drug-likeness (QED) is 0.528. The highest BCUT2D eigenvalue weighted by molar-refractivity contribution is 6.33. The number of aryl methyl sites for hydroxylation is 1. The zero-order valence-corrected chi connectivity index (χ0v) is 14.9. The van der Waals surface area contributed by atoms with Gasteiger partial charge in [0.25, 0.3) is 5.91 Å². The SMILES string of the molecule is Cn1ncc([N+](=O)[O-])c1C(=O)Nc1nn(Cc2ccc(Cl)cc2)cc1Cl. The summed E-state index contributed by atoms with van der Waals surface area (Å²) >= 11 is 12.0. The highest BCUT2D eigenvalue weighted by Gasteiger charge is 2.26. The first-order valence-corrected chi connectivity index (χ1v) is 8.06. The van der Waals surface area contributed by atoms with Crippen molar-refractivity contribution in [1.82, 2.24) is 19.6 Å². The van der Waals surface area contributed by atoms with Crippen LogP contribution in [0.25, 0.3) is 0 Å². The Kier molecular flexibility index (Phi) is 4.92. The largest absolute Gasteiger partial charge is 0.320 e. The fourth-order valence-electron chi connectivity index (χ4n) is 2.33. The van der Waals surface area contributed by atoms with Crippen molar-refractivity contribution in [3.63, 3.8) is 0 Å².